The number of hydrogen-bond donors (Lipinski definition) is 0. The number of aromatic nitrogens is 1. The summed E-state index contributed by atoms with van der Waals surface area (Å²) >= 11 is 5.99. The Balaban J connectivity index is 1.97. The Kier molecular flexibility index (Phi) is 5.09. The molecule has 0 saturated carbocycles. The first-order valence-electron chi connectivity index (χ1n) is 7.93. The number of halogens is 3. The lowest BCUT2D eigenvalue weighted by atomic mass is 10.0. The molecule has 1 amide bonds. The van der Waals surface area contributed by atoms with Gasteiger partial charge in [0.15, 0.2) is 11.6 Å². The Hall–Kier alpha value is -2.01. The van der Waals surface area contributed by atoms with Crippen LogP contribution >= 0.6 is 11.6 Å². The monoisotopic (exact) mass is 350 g/mol. The maximum absolute atomic E-state index is 13.6. The topological polar surface area (TPSA) is 33.2 Å². The molecule has 0 N–H and O–H groups in total. The summed E-state index contributed by atoms with van der Waals surface area (Å²) < 4.78 is 26.9. The van der Waals surface area contributed by atoms with Crippen LogP contribution in [0.1, 0.15) is 47.6 Å². The first-order valence-corrected chi connectivity index (χ1v) is 8.31. The minimum absolute atomic E-state index is 0.00322. The highest BCUT2D eigenvalue weighted by Crippen LogP contribution is 2.32. The van der Waals surface area contributed by atoms with Crippen molar-refractivity contribution in [2.24, 2.45) is 0 Å². The third-order valence-corrected chi connectivity index (χ3v) is 4.66. The van der Waals surface area contributed by atoms with Gasteiger partial charge in [-0.05, 0) is 42.7 Å². The van der Waals surface area contributed by atoms with Crippen molar-refractivity contribution in [3.63, 3.8) is 0 Å². The van der Waals surface area contributed by atoms with Crippen LogP contribution in [0.4, 0.5) is 8.78 Å². The summed E-state index contributed by atoms with van der Waals surface area (Å²) in [6, 6.07) is 5.37. The van der Waals surface area contributed by atoms with Crippen molar-refractivity contribution in [2.45, 2.75) is 31.7 Å². The van der Waals surface area contributed by atoms with Crippen LogP contribution in [-0.2, 0) is 0 Å². The fourth-order valence-electron chi connectivity index (χ4n) is 3.12. The zero-order chi connectivity index (χ0) is 17.1. The number of pyridine rings is 1. The molecule has 1 atom stereocenters. The zero-order valence-corrected chi connectivity index (χ0v) is 13.8. The van der Waals surface area contributed by atoms with E-state index in [-0.39, 0.29) is 22.5 Å². The first kappa shape index (κ1) is 16.8. The van der Waals surface area contributed by atoms with Crippen LogP contribution in [0.3, 0.4) is 0 Å². The number of carbonyl (C=O) groups excluding carboxylic acids is 1. The van der Waals surface area contributed by atoms with Gasteiger partial charge in [0.25, 0.3) is 5.91 Å². The van der Waals surface area contributed by atoms with Crippen molar-refractivity contribution in [1.29, 1.82) is 0 Å². The van der Waals surface area contributed by atoms with E-state index in [2.05, 4.69) is 4.98 Å². The normalized spacial score (nSPS) is 18.3. The second kappa shape index (κ2) is 7.26. The van der Waals surface area contributed by atoms with Crippen molar-refractivity contribution in [3.05, 3.63) is 64.4 Å². The summed E-state index contributed by atoms with van der Waals surface area (Å²) in [5.41, 5.74) is 0.982. The molecule has 1 fully saturated rings. The SMILES string of the molecule is O=C(c1cc(F)c(F)cc1Cl)N1CCCCCC1c1ccncc1. The molecule has 3 nitrogen and oxygen atoms in total. The van der Waals surface area contributed by atoms with Gasteiger partial charge in [-0.25, -0.2) is 8.78 Å². The zero-order valence-electron chi connectivity index (χ0n) is 13.0. The molecule has 0 spiro atoms. The van der Waals surface area contributed by atoms with Crippen LogP contribution in [0.15, 0.2) is 36.7 Å². The van der Waals surface area contributed by atoms with Gasteiger partial charge in [-0.2, -0.15) is 0 Å². The van der Waals surface area contributed by atoms with E-state index in [0.29, 0.717) is 6.54 Å². The summed E-state index contributed by atoms with van der Waals surface area (Å²) in [5.74, 6) is -2.50. The number of carbonyl (C=O) groups is 1. The average Bonchev–Trinajstić information content (AvgIpc) is 2.84. The van der Waals surface area contributed by atoms with Crippen LogP contribution < -0.4 is 0 Å². The summed E-state index contributed by atoms with van der Waals surface area (Å²) in [7, 11) is 0. The number of benzene rings is 1. The summed E-state index contributed by atoms with van der Waals surface area (Å²) in [6.07, 6.45) is 7.09. The van der Waals surface area contributed by atoms with E-state index >= 15 is 0 Å². The quantitative estimate of drug-likeness (QED) is 0.731. The lowest BCUT2D eigenvalue weighted by molar-refractivity contribution is 0.0680. The van der Waals surface area contributed by atoms with Crippen molar-refractivity contribution < 1.29 is 13.6 Å². The molecule has 2 heterocycles. The number of rotatable bonds is 2. The number of amides is 1. The van der Waals surface area contributed by atoms with Gasteiger partial charge in [0.1, 0.15) is 0 Å². The predicted octanol–water partition coefficient (Wildman–Crippen LogP) is 4.77. The van der Waals surface area contributed by atoms with Crippen molar-refractivity contribution >= 4 is 17.5 Å². The van der Waals surface area contributed by atoms with Crippen LogP contribution in [-0.4, -0.2) is 22.3 Å². The van der Waals surface area contributed by atoms with Crippen LogP contribution in [0.5, 0.6) is 0 Å². The van der Waals surface area contributed by atoms with Gasteiger partial charge in [-0.3, -0.25) is 9.78 Å². The fraction of sp³-hybridized carbons (Fsp3) is 0.333. The van der Waals surface area contributed by atoms with Gasteiger partial charge in [0.2, 0.25) is 0 Å². The van der Waals surface area contributed by atoms with Crippen LogP contribution in [0.2, 0.25) is 5.02 Å². The molecule has 126 valence electrons. The molecule has 0 radical (unpaired) electrons. The van der Waals surface area contributed by atoms with Crippen molar-refractivity contribution in [2.75, 3.05) is 6.54 Å². The molecule has 0 bridgehead atoms. The number of likely N-dealkylation sites (tertiary alicyclic amines) is 1. The van der Waals surface area contributed by atoms with Gasteiger partial charge in [0, 0.05) is 18.9 Å². The van der Waals surface area contributed by atoms with Crippen molar-refractivity contribution in [3.8, 4) is 0 Å². The van der Waals surface area contributed by atoms with E-state index in [1.54, 1.807) is 17.3 Å². The molecule has 3 rings (SSSR count). The van der Waals surface area contributed by atoms with Crippen molar-refractivity contribution in [1.82, 2.24) is 9.88 Å². The number of nitrogens with zero attached hydrogens (tertiary/aromatic N) is 2. The van der Waals surface area contributed by atoms with E-state index in [9.17, 15) is 13.6 Å². The highest BCUT2D eigenvalue weighted by Gasteiger charge is 2.29. The highest BCUT2D eigenvalue weighted by molar-refractivity contribution is 6.33. The molecule has 24 heavy (non-hydrogen) atoms. The molecule has 1 saturated heterocycles. The summed E-state index contributed by atoms with van der Waals surface area (Å²) in [5, 5.41) is -0.0726. The lowest BCUT2D eigenvalue weighted by Crippen LogP contribution is -2.35. The maximum Gasteiger partial charge on any atom is 0.255 e. The third-order valence-electron chi connectivity index (χ3n) is 4.34. The standard InChI is InChI=1S/C18H17ClF2N2O/c19-14-11-16(21)15(20)10-13(14)18(24)23-9-3-1-2-4-17(23)12-5-7-22-8-6-12/h5-8,10-11,17H,1-4,9H2. The molecular formula is C18H17ClF2N2O. The molecule has 2 aromatic rings. The van der Waals surface area contributed by atoms with E-state index < -0.39 is 11.6 Å². The molecular weight excluding hydrogens is 334 g/mol. The lowest BCUT2D eigenvalue weighted by Gasteiger charge is -2.30. The van der Waals surface area contributed by atoms with E-state index in [1.807, 2.05) is 12.1 Å². The minimum atomic E-state index is -1.07. The van der Waals surface area contributed by atoms with Crippen LogP contribution in [0, 0.1) is 11.6 Å². The van der Waals surface area contributed by atoms with E-state index in [1.165, 1.54) is 0 Å². The summed E-state index contributed by atoms with van der Waals surface area (Å²) in [4.78, 5) is 18.7. The molecule has 1 aromatic carbocycles. The Labute approximate surface area is 144 Å². The number of hydrogen-bond acceptors (Lipinski definition) is 2. The predicted molar refractivity (Wildman–Crippen MR) is 87.9 cm³/mol. The second-order valence-electron chi connectivity index (χ2n) is 5.89. The van der Waals surface area contributed by atoms with Gasteiger partial charge in [-0.15, -0.1) is 0 Å². The minimum Gasteiger partial charge on any atom is -0.332 e. The molecule has 6 heteroatoms. The van der Waals surface area contributed by atoms with Crippen LogP contribution in [0.25, 0.3) is 0 Å². The average molecular weight is 351 g/mol. The van der Waals surface area contributed by atoms with Gasteiger partial charge < -0.3 is 4.90 Å². The molecule has 0 aliphatic carbocycles. The second-order valence-corrected chi connectivity index (χ2v) is 6.30. The van der Waals surface area contributed by atoms with Gasteiger partial charge in [-0.1, -0.05) is 24.4 Å². The van der Waals surface area contributed by atoms with E-state index in [4.69, 9.17) is 11.6 Å². The molecule has 1 unspecified atom stereocenters. The largest absolute Gasteiger partial charge is 0.332 e. The Morgan fingerprint density at radius 3 is 2.58 bits per heavy atom. The highest BCUT2D eigenvalue weighted by atomic mass is 35.5. The molecule has 1 aliphatic rings. The van der Waals surface area contributed by atoms with Gasteiger partial charge in [0.05, 0.1) is 16.6 Å². The van der Waals surface area contributed by atoms with Gasteiger partial charge >= 0.3 is 0 Å². The Morgan fingerprint density at radius 1 is 1.12 bits per heavy atom. The fourth-order valence-corrected chi connectivity index (χ4v) is 3.36. The molecule has 1 aromatic heterocycles. The third kappa shape index (κ3) is 3.41. The molecule has 1 aliphatic heterocycles. The van der Waals surface area contributed by atoms with E-state index in [0.717, 1.165) is 43.4 Å². The Bertz CT molecular complexity index is 739. The first-order chi connectivity index (χ1) is 11.6. The Morgan fingerprint density at radius 2 is 1.83 bits per heavy atom. The smallest absolute Gasteiger partial charge is 0.255 e. The summed E-state index contributed by atoms with van der Waals surface area (Å²) in [6.45, 7) is 0.557. The maximum atomic E-state index is 13.6.